The van der Waals surface area contributed by atoms with Gasteiger partial charge in [0.2, 0.25) is 0 Å². The monoisotopic (exact) mass is 130 g/mol. The fourth-order valence-electron chi connectivity index (χ4n) is 0.492. The van der Waals surface area contributed by atoms with Crippen molar-refractivity contribution in [2.24, 2.45) is 0 Å². The Morgan fingerprint density at radius 3 is 2.78 bits per heavy atom. The number of aldehydes is 1. The minimum Gasteiger partial charge on any atom is -0.295 e. The molecule has 0 aromatic rings. The summed E-state index contributed by atoms with van der Waals surface area (Å²) in [6, 6.07) is 0. The molecule has 52 valence electrons. The molecule has 1 nitrogen and oxygen atoms in total. The van der Waals surface area contributed by atoms with Crippen molar-refractivity contribution in [1.82, 2.24) is 0 Å². The summed E-state index contributed by atoms with van der Waals surface area (Å²) >= 11 is 0. The average molecular weight is 130 g/mol. The van der Waals surface area contributed by atoms with E-state index in [0.29, 0.717) is 6.42 Å². The Labute approximate surface area is 54.6 Å². The van der Waals surface area contributed by atoms with Gasteiger partial charge in [-0.2, -0.15) is 0 Å². The van der Waals surface area contributed by atoms with Gasteiger partial charge in [0.25, 0.3) is 0 Å². The topological polar surface area (TPSA) is 17.1 Å². The van der Waals surface area contributed by atoms with E-state index in [1.165, 1.54) is 6.08 Å². The molecule has 0 aliphatic carbocycles. The molecule has 0 unspecified atom stereocenters. The lowest BCUT2D eigenvalue weighted by atomic mass is 10.2. The van der Waals surface area contributed by atoms with Gasteiger partial charge in [0.05, 0.1) is 0 Å². The van der Waals surface area contributed by atoms with Crippen LogP contribution < -0.4 is 0 Å². The third-order valence-electron chi connectivity index (χ3n) is 1.01. The van der Waals surface area contributed by atoms with Gasteiger partial charge in [-0.3, -0.25) is 4.79 Å². The highest BCUT2D eigenvalue weighted by atomic mass is 19.1. The third-order valence-corrected chi connectivity index (χ3v) is 1.01. The van der Waals surface area contributed by atoms with Crippen LogP contribution in [0.3, 0.4) is 0 Å². The summed E-state index contributed by atoms with van der Waals surface area (Å²) in [5.41, 5.74) is 0. The first kappa shape index (κ1) is 8.34. The molecule has 0 saturated carbocycles. The predicted octanol–water partition coefficient (Wildman–Crippen LogP) is 2.23. The van der Waals surface area contributed by atoms with Gasteiger partial charge in [-0.05, 0) is 18.9 Å². The zero-order chi connectivity index (χ0) is 7.11. The standard InChI is InChI=1S/C7H11FO/c1-2-3-4-5-7(8)6-9/h5-6H,2-4H2,1H3/b7-5-. The van der Waals surface area contributed by atoms with Crippen LogP contribution in [-0.4, -0.2) is 6.29 Å². The van der Waals surface area contributed by atoms with E-state index in [-0.39, 0.29) is 6.29 Å². The van der Waals surface area contributed by atoms with Crippen molar-refractivity contribution in [3.8, 4) is 0 Å². The Hall–Kier alpha value is -0.660. The first-order valence-electron chi connectivity index (χ1n) is 3.12. The van der Waals surface area contributed by atoms with Crippen LogP contribution >= 0.6 is 0 Å². The highest BCUT2D eigenvalue weighted by Gasteiger charge is 1.86. The fourth-order valence-corrected chi connectivity index (χ4v) is 0.492. The zero-order valence-electron chi connectivity index (χ0n) is 5.56. The maximum Gasteiger partial charge on any atom is 0.178 e. The molecule has 0 rings (SSSR count). The normalized spacial score (nSPS) is 11.6. The number of halogens is 1. The largest absolute Gasteiger partial charge is 0.295 e. The number of rotatable bonds is 4. The molecule has 0 aromatic heterocycles. The summed E-state index contributed by atoms with van der Waals surface area (Å²) in [7, 11) is 0. The molecule has 0 radical (unpaired) electrons. The lowest BCUT2D eigenvalue weighted by Gasteiger charge is -1.86. The number of hydrogen-bond acceptors (Lipinski definition) is 1. The molecule has 0 aromatic carbocycles. The van der Waals surface area contributed by atoms with Crippen LogP contribution in [0, 0.1) is 0 Å². The molecule has 0 spiro atoms. The predicted molar refractivity (Wildman–Crippen MR) is 34.8 cm³/mol. The summed E-state index contributed by atoms with van der Waals surface area (Å²) in [5.74, 6) is -0.650. The molecule has 0 fully saturated rings. The van der Waals surface area contributed by atoms with Crippen molar-refractivity contribution in [2.75, 3.05) is 0 Å². The second kappa shape index (κ2) is 5.48. The lowest BCUT2D eigenvalue weighted by molar-refractivity contribution is -0.106. The first-order chi connectivity index (χ1) is 4.31. The Kier molecular flexibility index (Phi) is 5.07. The van der Waals surface area contributed by atoms with Crippen LogP contribution in [0.15, 0.2) is 11.9 Å². The Morgan fingerprint density at radius 2 is 2.33 bits per heavy atom. The van der Waals surface area contributed by atoms with Gasteiger partial charge in [0, 0.05) is 0 Å². The molecule has 9 heavy (non-hydrogen) atoms. The smallest absolute Gasteiger partial charge is 0.178 e. The molecule has 0 aliphatic heterocycles. The maximum atomic E-state index is 11.9. The van der Waals surface area contributed by atoms with E-state index in [1.54, 1.807) is 0 Å². The highest BCUT2D eigenvalue weighted by molar-refractivity contribution is 5.69. The quantitative estimate of drug-likeness (QED) is 0.324. The van der Waals surface area contributed by atoms with E-state index < -0.39 is 5.83 Å². The molecule has 0 amide bonds. The summed E-state index contributed by atoms with van der Waals surface area (Å²) in [6.07, 6.45) is 4.19. The molecule has 0 bridgehead atoms. The van der Waals surface area contributed by atoms with Crippen molar-refractivity contribution < 1.29 is 9.18 Å². The van der Waals surface area contributed by atoms with Crippen LogP contribution in [-0.2, 0) is 4.79 Å². The molecule has 0 aliphatic rings. The second-order valence-electron chi connectivity index (χ2n) is 1.85. The maximum absolute atomic E-state index is 11.9. The minimum atomic E-state index is -0.650. The molecule has 0 N–H and O–H groups in total. The van der Waals surface area contributed by atoms with Crippen molar-refractivity contribution >= 4 is 6.29 Å². The Balaban J connectivity index is 3.31. The number of hydrogen-bond donors (Lipinski definition) is 0. The molecular formula is C7H11FO. The van der Waals surface area contributed by atoms with E-state index in [2.05, 4.69) is 0 Å². The van der Waals surface area contributed by atoms with Crippen LogP contribution in [0.4, 0.5) is 4.39 Å². The molecule has 0 atom stereocenters. The number of allylic oxidation sites excluding steroid dienone is 2. The average Bonchev–Trinajstić information content (AvgIpc) is 1.89. The van der Waals surface area contributed by atoms with Gasteiger partial charge in [0.15, 0.2) is 12.1 Å². The van der Waals surface area contributed by atoms with Crippen LogP contribution in [0.2, 0.25) is 0 Å². The van der Waals surface area contributed by atoms with E-state index >= 15 is 0 Å². The second-order valence-corrected chi connectivity index (χ2v) is 1.85. The van der Waals surface area contributed by atoms with Crippen molar-refractivity contribution in [3.05, 3.63) is 11.9 Å². The number of carbonyl (C=O) groups excluding carboxylic acids is 1. The van der Waals surface area contributed by atoms with Crippen LogP contribution in [0.1, 0.15) is 26.2 Å². The molecular weight excluding hydrogens is 119 g/mol. The van der Waals surface area contributed by atoms with Crippen molar-refractivity contribution in [2.45, 2.75) is 26.2 Å². The van der Waals surface area contributed by atoms with E-state index in [0.717, 1.165) is 12.8 Å². The van der Waals surface area contributed by atoms with Gasteiger partial charge in [0.1, 0.15) is 0 Å². The van der Waals surface area contributed by atoms with E-state index in [4.69, 9.17) is 0 Å². The number of carbonyl (C=O) groups is 1. The van der Waals surface area contributed by atoms with Crippen molar-refractivity contribution in [1.29, 1.82) is 0 Å². The summed E-state index contributed by atoms with van der Waals surface area (Å²) < 4.78 is 11.9. The van der Waals surface area contributed by atoms with Gasteiger partial charge in [-0.25, -0.2) is 4.39 Å². The summed E-state index contributed by atoms with van der Waals surface area (Å²) in [5, 5.41) is 0. The Morgan fingerprint density at radius 1 is 1.67 bits per heavy atom. The lowest BCUT2D eigenvalue weighted by Crippen LogP contribution is -1.74. The summed E-state index contributed by atoms with van der Waals surface area (Å²) in [4.78, 5) is 9.66. The minimum absolute atomic E-state index is 0.232. The highest BCUT2D eigenvalue weighted by Crippen LogP contribution is 1.99. The number of unbranched alkanes of at least 4 members (excludes halogenated alkanes) is 2. The molecule has 0 heterocycles. The van der Waals surface area contributed by atoms with E-state index in [9.17, 15) is 9.18 Å². The van der Waals surface area contributed by atoms with Gasteiger partial charge in [-0.1, -0.05) is 13.3 Å². The first-order valence-corrected chi connectivity index (χ1v) is 3.12. The Bertz CT molecular complexity index is 107. The fraction of sp³-hybridized carbons (Fsp3) is 0.571. The summed E-state index contributed by atoms with van der Waals surface area (Å²) in [6.45, 7) is 2.02. The van der Waals surface area contributed by atoms with Gasteiger partial charge < -0.3 is 0 Å². The molecule has 2 heteroatoms. The van der Waals surface area contributed by atoms with Gasteiger partial charge >= 0.3 is 0 Å². The zero-order valence-corrected chi connectivity index (χ0v) is 5.56. The third kappa shape index (κ3) is 5.21. The van der Waals surface area contributed by atoms with Gasteiger partial charge in [-0.15, -0.1) is 0 Å². The SMILES string of the molecule is CCCC/C=C(\F)C=O. The van der Waals surface area contributed by atoms with Crippen molar-refractivity contribution in [3.63, 3.8) is 0 Å². The van der Waals surface area contributed by atoms with Crippen LogP contribution in [0.25, 0.3) is 0 Å². The molecule has 0 saturated heterocycles. The van der Waals surface area contributed by atoms with Crippen LogP contribution in [0.5, 0.6) is 0 Å². The van der Waals surface area contributed by atoms with E-state index in [1.807, 2.05) is 6.92 Å².